The summed E-state index contributed by atoms with van der Waals surface area (Å²) in [6.45, 7) is 8.30. The second-order valence-corrected chi connectivity index (χ2v) is 5.42. The molecule has 0 aliphatic heterocycles. The molecule has 19 heavy (non-hydrogen) atoms. The highest BCUT2D eigenvalue weighted by Crippen LogP contribution is 2.27. The monoisotopic (exact) mass is 262 g/mol. The quantitative estimate of drug-likeness (QED) is 0.791. The predicted molar refractivity (Wildman–Crippen MR) is 80.8 cm³/mol. The minimum atomic E-state index is 0.839. The van der Waals surface area contributed by atoms with Crippen LogP contribution in [0.4, 0.5) is 11.6 Å². The van der Waals surface area contributed by atoms with E-state index in [-0.39, 0.29) is 0 Å². The maximum absolute atomic E-state index is 4.67. The Morgan fingerprint density at radius 2 is 1.79 bits per heavy atom. The van der Waals surface area contributed by atoms with Crippen molar-refractivity contribution in [3.8, 4) is 0 Å². The van der Waals surface area contributed by atoms with E-state index in [1.807, 2.05) is 0 Å². The minimum absolute atomic E-state index is 0.839. The third-order valence-corrected chi connectivity index (χ3v) is 3.79. The van der Waals surface area contributed by atoms with Crippen LogP contribution in [0.15, 0.2) is 0 Å². The van der Waals surface area contributed by atoms with Gasteiger partial charge in [0.05, 0.1) is 0 Å². The molecule has 1 aromatic rings. The van der Waals surface area contributed by atoms with E-state index in [1.165, 1.54) is 19.3 Å². The van der Waals surface area contributed by atoms with Crippen molar-refractivity contribution in [1.29, 1.82) is 0 Å². The Balaban J connectivity index is 2.12. The number of aryl methyl sites for hydroxylation is 1. The molecule has 106 valence electrons. The highest BCUT2D eigenvalue weighted by atomic mass is 15.1. The molecule has 0 aromatic carbocycles. The molecule has 4 nitrogen and oxygen atoms in total. The molecule has 1 aliphatic rings. The number of nitrogens with one attached hydrogen (secondary N) is 2. The second kappa shape index (κ2) is 6.73. The fourth-order valence-corrected chi connectivity index (χ4v) is 2.35. The molecular formula is C15H26N4. The molecule has 0 radical (unpaired) electrons. The van der Waals surface area contributed by atoms with Gasteiger partial charge >= 0.3 is 0 Å². The summed E-state index contributed by atoms with van der Waals surface area (Å²) in [5.41, 5.74) is 1.14. The smallest absolute Gasteiger partial charge is 0.134 e. The van der Waals surface area contributed by atoms with Crippen molar-refractivity contribution in [2.75, 3.05) is 23.7 Å². The molecule has 2 rings (SSSR count). The van der Waals surface area contributed by atoms with Crippen molar-refractivity contribution in [3.05, 3.63) is 11.4 Å². The van der Waals surface area contributed by atoms with Crippen molar-refractivity contribution >= 4 is 11.6 Å². The minimum Gasteiger partial charge on any atom is -0.370 e. The topological polar surface area (TPSA) is 49.8 Å². The van der Waals surface area contributed by atoms with Crippen molar-refractivity contribution in [3.63, 3.8) is 0 Å². The lowest BCUT2D eigenvalue weighted by Crippen LogP contribution is -2.22. The van der Waals surface area contributed by atoms with Crippen LogP contribution in [0.5, 0.6) is 0 Å². The Morgan fingerprint density at radius 3 is 2.32 bits per heavy atom. The molecule has 1 aromatic heterocycles. The average Bonchev–Trinajstić information content (AvgIpc) is 2.33. The van der Waals surface area contributed by atoms with E-state index in [4.69, 9.17) is 0 Å². The molecule has 4 heteroatoms. The molecule has 0 unspecified atom stereocenters. The number of hydrogen-bond donors (Lipinski definition) is 2. The van der Waals surface area contributed by atoms with Gasteiger partial charge in [-0.25, -0.2) is 9.97 Å². The van der Waals surface area contributed by atoms with Gasteiger partial charge in [-0.3, -0.25) is 0 Å². The largest absolute Gasteiger partial charge is 0.370 e. The Bertz CT molecular complexity index is 413. The van der Waals surface area contributed by atoms with Crippen LogP contribution in [-0.2, 0) is 6.42 Å². The first-order valence-electron chi connectivity index (χ1n) is 7.59. The summed E-state index contributed by atoms with van der Waals surface area (Å²) in [7, 11) is 0. The van der Waals surface area contributed by atoms with Gasteiger partial charge in [0.25, 0.3) is 0 Å². The highest BCUT2D eigenvalue weighted by Gasteiger charge is 2.18. The van der Waals surface area contributed by atoms with Gasteiger partial charge < -0.3 is 10.6 Å². The van der Waals surface area contributed by atoms with E-state index < -0.39 is 0 Å². The van der Waals surface area contributed by atoms with Crippen LogP contribution in [0.3, 0.4) is 0 Å². The third-order valence-electron chi connectivity index (χ3n) is 3.79. The third kappa shape index (κ3) is 3.58. The van der Waals surface area contributed by atoms with Crippen LogP contribution in [0.2, 0.25) is 0 Å². The summed E-state index contributed by atoms with van der Waals surface area (Å²) in [4.78, 5) is 9.28. The molecule has 0 amide bonds. The maximum Gasteiger partial charge on any atom is 0.134 e. The van der Waals surface area contributed by atoms with E-state index >= 15 is 0 Å². The van der Waals surface area contributed by atoms with Gasteiger partial charge in [0.15, 0.2) is 0 Å². The molecule has 1 saturated carbocycles. The molecular weight excluding hydrogens is 236 g/mol. The van der Waals surface area contributed by atoms with Crippen LogP contribution >= 0.6 is 0 Å². The Hall–Kier alpha value is -1.32. The molecule has 2 N–H and O–H groups in total. The first-order valence-corrected chi connectivity index (χ1v) is 7.59. The zero-order chi connectivity index (χ0) is 13.7. The first-order chi connectivity index (χ1) is 9.24. The lowest BCUT2D eigenvalue weighted by molar-refractivity contribution is 0.333. The highest BCUT2D eigenvalue weighted by molar-refractivity contribution is 5.57. The molecule has 1 aliphatic carbocycles. The molecule has 0 spiro atoms. The van der Waals surface area contributed by atoms with Gasteiger partial charge in [-0.1, -0.05) is 13.3 Å². The standard InChI is InChI=1S/C15H26N4/c1-4-7-13-18-14(16-5-2)11(3)15(19-13)17-10-12-8-6-9-12/h12H,4-10H2,1-3H3,(H2,16,17,18,19). The number of nitrogens with zero attached hydrogens (tertiary/aromatic N) is 2. The second-order valence-electron chi connectivity index (χ2n) is 5.42. The zero-order valence-electron chi connectivity index (χ0n) is 12.4. The van der Waals surface area contributed by atoms with Crippen molar-refractivity contribution in [2.45, 2.75) is 52.9 Å². The SMILES string of the molecule is CCCc1nc(NCC)c(C)c(NCC2CCC2)n1. The summed E-state index contributed by atoms with van der Waals surface area (Å²) in [5, 5.41) is 6.86. The Labute approximate surface area is 116 Å². The maximum atomic E-state index is 4.67. The van der Waals surface area contributed by atoms with Gasteiger partial charge in [0, 0.05) is 25.1 Å². The number of aromatic nitrogens is 2. The van der Waals surface area contributed by atoms with Crippen LogP contribution in [0.1, 0.15) is 50.9 Å². The fourth-order valence-electron chi connectivity index (χ4n) is 2.35. The lowest BCUT2D eigenvalue weighted by Gasteiger charge is -2.26. The zero-order valence-corrected chi connectivity index (χ0v) is 12.4. The summed E-state index contributed by atoms with van der Waals surface area (Å²) in [6.07, 6.45) is 6.13. The van der Waals surface area contributed by atoms with Crippen LogP contribution in [-0.4, -0.2) is 23.1 Å². The Kier molecular flexibility index (Phi) is 5.00. The summed E-state index contributed by atoms with van der Waals surface area (Å²) in [5.74, 6) is 3.78. The summed E-state index contributed by atoms with van der Waals surface area (Å²) < 4.78 is 0. The van der Waals surface area contributed by atoms with Crippen molar-refractivity contribution in [1.82, 2.24) is 9.97 Å². The molecule has 0 bridgehead atoms. The lowest BCUT2D eigenvalue weighted by atomic mass is 9.85. The van der Waals surface area contributed by atoms with Crippen LogP contribution in [0, 0.1) is 12.8 Å². The predicted octanol–water partition coefficient (Wildman–Crippen LogP) is 3.38. The Morgan fingerprint density at radius 1 is 1.11 bits per heavy atom. The van der Waals surface area contributed by atoms with Crippen molar-refractivity contribution < 1.29 is 0 Å². The van der Waals surface area contributed by atoms with E-state index in [9.17, 15) is 0 Å². The van der Waals surface area contributed by atoms with Gasteiger partial charge in [-0.05, 0) is 39.0 Å². The first kappa shape index (κ1) is 14.1. The molecule has 0 saturated heterocycles. The van der Waals surface area contributed by atoms with Crippen LogP contribution in [0.25, 0.3) is 0 Å². The number of hydrogen-bond acceptors (Lipinski definition) is 4. The van der Waals surface area contributed by atoms with Gasteiger partial charge in [-0.15, -0.1) is 0 Å². The van der Waals surface area contributed by atoms with Gasteiger partial charge in [0.1, 0.15) is 17.5 Å². The average molecular weight is 262 g/mol. The molecule has 1 fully saturated rings. The van der Waals surface area contributed by atoms with Gasteiger partial charge in [0.2, 0.25) is 0 Å². The van der Waals surface area contributed by atoms with E-state index in [2.05, 4.69) is 41.4 Å². The van der Waals surface area contributed by atoms with E-state index in [1.54, 1.807) is 0 Å². The van der Waals surface area contributed by atoms with Gasteiger partial charge in [-0.2, -0.15) is 0 Å². The van der Waals surface area contributed by atoms with E-state index in [0.717, 1.165) is 54.9 Å². The molecule has 1 heterocycles. The van der Waals surface area contributed by atoms with E-state index in [0.29, 0.717) is 0 Å². The number of anilines is 2. The fraction of sp³-hybridized carbons (Fsp3) is 0.733. The number of rotatable bonds is 7. The summed E-state index contributed by atoms with van der Waals surface area (Å²) >= 11 is 0. The summed E-state index contributed by atoms with van der Waals surface area (Å²) in [6, 6.07) is 0. The van der Waals surface area contributed by atoms with Crippen LogP contribution < -0.4 is 10.6 Å². The molecule has 0 atom stereocenters. The normalized spacial score (nSPS) is 15.1. The van der Waals surface area contributed by atoms with Crippen molar-refractivity contribution in [2.24, 2.45) is 5.92 Å².